The Labute approximate surface area is 190 Å². The van der Waals surface area contributed by atoms with Gasteiger partial charge >= 0.3 is 0 Å². The molecule has 3 aromatic rings. The highest BCUT2D eigenvalue weighted by Crippen LogP contribution is 2.33. The van der Waals surface area contributed by atoms with Crippen LogP contribution in [0.25, 0.3) is 0 Å². The van der Waals surface area contributed by atoms with Crippen molar-refractivity contribution < 1.29 is 24.1 Å². The number of Topliss-reactive ketones (excluding diaryl/α,β-unsaturated/α-hetero) is 1. The molecule has 168 valence electrons. The zero-order chi connectivity index (χ0) is 23.7. The van der Waals surface area contributed by atoms with Crippen LogP contribution in [0.3, 0.4) is 0 Å². The summed E-state index contributed by atoms with van der Waals surface area (Å²) in [5.74, 6) is 0.600. The molecular formula is C25H22N2O6. The molecule has 33 heavy (non-hydrogen) atoms. The number of ketones is 1. The van der Waals surface area contributed by atoms with Crippen molar-refractivity contribution in [2.24, 2.45) is 0 Å². The number of hydrogen-bond donors (Lipinski definition) is 1. The molecule has 1 N–H and O–H groups in total. The highest BCUT2D eigenvalue weighted by atomic mass is 16.7. The number of ether oxygens (including phenoxy) is 3. The molecule has 8 nitrogen and oxygen atoms in total. The van der Waals surface area contributed by atoms with Crippen LogP contribution in [0.5, 0.6) is 23.1 Å². The molecule has 0 spiro atoms. The maximum Gasteiger partial charge on any atom is 0.271 e. The minimum atomic E-state index is -0.683. The maximum atomic E-state index is 13.0. The highest BCUT2D eigenvalue weighted by molar-refractivity contribution is 6.01. The lowest BCUT2D eigenvalue weighted by molar-refractivity contribution is 0.0916. The topological polar surface area (TPSA) is 111 Å². The molecule has 0 atom stereocenters. The average Bonchev–Trinajstić information content (AvgIpc) is 3.26. The van der Waals surface area contributed by atoms with Gasteiger partial charge in [0, 0.05) is 0 Å². The molecule has 0 fully saturated rings. The molecule has 2 aromatic carbocycles. The van der Waals surface area contributed by atoms with Gasteiger partial charge in [-0.1, -0.05) is 18.2 Å². The van der Waals surface area contributed by atoms with Gasteiger partial charge in [0.1, 0.15) is 17.4 Å². The van der Waals surface area contributed by atoms with Crippen LogP contribution in [0.4, 0.5) is 0 Å². The second-order valence-corrected chi connectivity index (χ2v) is 7.80. The van der Waals surface area contributed by atoms with Crippen molar-refractivity contribution in [3.8, 4) is 29.2 Å². The average molecular weight is 446 g/mol. The van der Waals surface area contributed by atoms with E-state index >= 15 is 0 Å². The van der Waals surface area contributed by atoms with Crippen molar-refractivity contribution in [2.75, 3.05) is 13.4 Å². The molecule has 0 amide bonds. The van der Waals surface area contributed by atoms with E-state index in [1.54, 1.807) is 24.3 Å². The Hall–Kier alpha value is -4.25. The fraction of sp³-hybridized carbons (Fsp3) is 0.240. The Morgan fingerprint density at radius 2 is 1.91 bits per heavy atom. The predicted molar refractivity (Wildman–Crippen MR) is 119 cm³/mol. The fourth-order valence-corrected chi connectivity index (χ4v) is 3.75. The number of fused-ring (bicyclic) bond motifs is 1. The van der Waals surface area contributed by atoms with Gasteiger partial charge in [0.25, 0.3) is 5.56 Å². The summed E-state index contributed by atoms with van der Waals surface area (Å²) in [6, 6.07) is 12.5. The van der Waals surface area contributed by atoms with Gasteiger partial charge in [-0.3, -0.25) is 14.2 Å². The van der Waals surface area contributed by atoms with E-state index in [0.29, 0.717) is 22.8 Å². The van der Waals surface area contributed by atoms with Crippen molar-refractivity contribution in [1.29, 1.82) is 5.26 Å². The minimum absolute atomic E-state index is 0.0611. The quantitative estimate of drug-likeness (QED) is 0.578. The van der Waals surface area contributed by atoms with Crippen molar-refractivity contribution in [3.63, 3.8) is 0 Å². The van der Waals surface area contributed by atoms with E-state index in [1.165, 1.54) is 6.92 Å². The van der Waals surface area contributed by atoms with Gasteiger partial charge in [-0.15, -0.1) is 0 Å². The maximum absolute atomic E-state index is 13.0. The Morgan fingerprint density at radius 1 is 1.15 bits per heavy atom. The summed E-state index contributed by atoms with van der Waals surface area (Å²) in [6.07, 6.45) is 0. The molecule has 0 saturated carbocycles. The number of carbonyl (C=O) groups is 1. The van der Waals surface area contributed by atoms with Gasteiger partial charge < -0.3 is 19.3 Å². The minimum Gasteiger partial charge on any atom is -0.494 e. The molecule has 1 aliphatic rings. The van der Waals surface area contributed by atoms with E-state index < -0.39 is 17.2 Å². The number of aryl methyl sites for hydroxylation is 1. The first-order valence-corrected chi connectivity index (χ1v) is 10.3. The van der Waals surface area contributed by atoms with Gasteiger partial charge in [0.15, 0.2) is 18.1 Å². The SMILES string of the molecule is Cc1cccc(OCC(=O)c2c(C)c(C#N)c(=O)n(Cc3ccc4c(c3)OCO4)c2O)c1C. The number of hydrogen-bond acceptors (Lipinski definition) is 7. The monoisotopic (exact) mass is 446 g/mol. The van der Waals surface area contributed by atoms with E-state index in [0.717, 1.165) is 15.7 Å². The molecule has 2 heterocycles. The van der Waals surface area contributed by atoms with Crippen LogP contribution < -0.4 is 19.8 Å². The van der Waals surface area contributed by atoms with Crippen molar-refractivity contribution >= 4 is 5.78 Å². The highest BCUT2D eigenvalue weighted by Gasteiger charge is 2.25. The summed E-state index contributed by atoms with van der Waals surface area (Å²) < 4.78 is 17.4. The van der Waals surface area contributed by atoms with Gasteiger partial charge in [0.2, 0.25) is 18.5 Å². The number of pyridine rings is 1. The zero-order valence-electron chi connectivity index (χ0n) is 18.5. The largest absolute Gasteiger partial charge is 0.494 e. The van der Waals surface area contributed by atoms with Crippen LogP contribution in [-0.4, -0.2) is 28.9 Å². The summed E-state index contributed by atoms with van der Waals surface area (Å²) >= 11 is 0. The number of rotatable bonds is 6. The van der Waals surface area contributed by atoms with Gasteiger partial charge in [-0.25, -0.2) is 0 Å². The Morgan fingerprint density at radius 3 is 2.67 bits per heavy atom. The summed E-state index contributed by atoms with van der Waals surface area (Å²) in [5, 5.41) is 20.5. The smallest absolute Gasteiger partial charge is 0.271 e. The second kappa shape index (κ2) is 8.71. The first kappa shape index (κ1) is 22.0. The lowest BCUT2D eigenvalue weighted by Crippen LogP contribution is -2.28. The van der Waals surface area contributed by atoms with Gasteiger partial charge in [0.05, 0.1) is 12.1 Å². The molecule has 0 bridgehead atoms. The molecule has 8 heteroatoms. The number of aromatic hydroxyl groups is 1. The van der Waals surface area contributed by atoms with Crippen LogP contribution >= 0.6 is 0 Å². The molecule has 0 unspecified atom stereocenters. The summed E-state index contributed by atoms with van der Waals surface area (Å²) in [5.41, 5.74) is 1.67. The molecule has 0 radical (unpaired) electrons. The number of nitrogens with zero attached hydrogens (tertiary/aromatic N) is 2. The first-order chi connectivity index (χ1) is 15.8. The summed E-state index contributed by atoms with van der Waals surface area (Å²) in [7, 11) is 0. The molecule has 0 saturated heterocycles. The van der Waals surface area contributed by atoms with Crippen LogP contribution in [0, 0.1) is 32.1 Å². The van der Waals surface area contributed by atoms with Crippen molar-refractivity contribution in [2.45, 2.75) is 27.3 Å². The van der Waals surface area contributed by atoms with E-state index in [4.69, 9.17) is 14.2 Å². The number of aromatic nitrogens is 1. The van der Waals surface area contributed by atoms with E-state index in [2.05, 4.69) is 0 Å². The third-order valence-electron chi connectivity index (χ3n) is 5.77. The third-order valence-corrected chi connectivity index (χ3v) is 5.77. The van der Waals surface area contributed by atoms with Crippen LogP contribution in [0.15, 0.2) is 41.2 Å². The van der Waals surface area contributed by atoms with E-state index in [1.807, 2.05) is 32.0 Å². The molecule has 0 aliphatic carbocycles. The third kappa shape index (κ3) is 4.01. The van der Waals surface area contributed by atoms with Crippen molar-refractivity contribution in [1.82, 2.24) is 4.57 Å². The van der Waals surface area contributed by atoms with Crippen LogP contribution in [0.2, 0.25) is 0 Å². The first-order valence-electron chi connectivity index (χ1n) is 10.3. The summed E-state index contributed by atoms with van der Waals surface area (Å²) in [6.45, 7) is 4.98. The number of benzene rings is 2. The van der Waals surface area contributed by atoms with Crippen molar-refractivity contribution in [3.05, 3.63) is 80.1 Å². The Balaban J connectivity index is 1.69. The van der Waals surface area contributed by atoms with Crippen LogP contribution in [-0.2, 0) is 6.54 Å². The predicted octanol–water partition coefficient (Wildman–Crippen LogP) is 3.39. The van der Waals surface area contributed by atoms with Crippen LogP contribution in [0.1, 0.15) is 38.2 Å². The lowest BCUT2D eigenvalue weighted by Gasteiger charge is -2.16. The second-order valence-electron chi connectivity index (χ2n) is 7.80. The van der Waals surface area contributed by atoms with E-state index in [-0.39, 0.29) is 36.6 Å². The molecule has 1 aromatic heterocycles. The number of carbonyl (C=O) groups excluding carboxylic acids is 1. The Kier molecular flexibility index (Phi) is 5.80. The molecule has 4 rings (SSSR count). The molecule has 1 aliphatic heterocycles. The van der Waals surface area contributed by atoms with Gasteiger partial charge in [-0.2, -0.15) is 5.26 Å². The molecular weight excluding hydrogens is 424 g/mol. The number of nitriles is 1. The Bertz CT molecular complexity index is 1370. The van der Waals surface area contributed by atoms with E-state index in [9.17, 15) is 20.0 Å². The zero-order valence-corrected chi connectivity index (χ0v) is 18.5. The standard InChI is InChI=1S/C25H22N2O6/c1-14-5-4-6-20(15(14)2)31-12-19(28)23-16(3)18(10-26)24(29)27(25(23)30)11-17-7-8-21-22(9-17)33-13-32-21/h4-9,30H,11-13H2,1-3H3. The summed E-state index contributed by atoms with van der Waals surface area (Å²) in [4.78, 5) is 25.9. The normalized spacial score (nSPS) is 11.8. The lowest BCUT2D eigenvalue weighted by atomic mass is 10.0. The van der Waals surface area contributed by atoms with Gasteiger partial charge in [-0.05, 0) is 61.2 Å². The fourth-order valence-electron chi connectivity index (χ4n) is 3.75.